The summed E-state index contributed by atoms with van der Waals surface area (Å²) in [6.07, 6.45) is 4.76. The highest BCUT2D eigenvalue weighted by Crippen LogP contribution is 2.11. The summed E-state index contributed by atoms with van der Waals surface area (Å²) in [5.74, 6) is 0.993. The fourth-order valence-electron chi connectivity index (χ4n) is 2.53. The SMILES string of the molecule is CCCCNC(=O)N1CCCN(c2ccc(C#N)c[nH+]2)CC1. The van der Waals surface area contributed by atoms with Crippen molar-refractivity contribution in [3.63, 3.8) is 0 Å². The van der Waals surface area contributed by atoms with Crippen LogP contribution in [-0.2, 0) is 0 Å². The van der Waals surface area contributed by atoms with Gasteiger partial charge in [0.05, 0.1) is 18.7 Å². The number of nitrogens with zero attached hydrogens (tertiary/aromatic N) is 3. The summed E-state index contributed by atoms with van der Waals surface area (Å²) >= 11 is 0. The molecule has 0 atom stereocenters. The van der Waals surface area contributed by atoms with Crippen molar-refractivity contribution in [2.45, 2.75) is 26.2 Å². The number of carbonyl (C=O) groups is 1. The zero-order valence-electron chi connectivity index (χ0n) is 13.1. The second kappa shape index (κ2) is 8.23. The minimum absolute atomic E-state index is 0.0408. The quantitative estimate of drug-likeness (QED) is 0.854. The number of hydrogen-bond donors (Lipinski definition) is 1. The maximum absolute atomic E-state index is 12.1. The minimum atomic E-state index is 0.0408. The molecule has 2 amide bonds. The minimum Gasteiger partial charge on any atom is -0.338 e. The predicted molar refractivity (Wildman–Crippen MR) is 84.4 cm³/mol. The number of rotatable bonds is 4. The van der Waals surface area contributed by atoms with Crippen LogP contribution in [0.1, 0.15) is 31.7 Å². The molecule has 1 aliphatic rings. The Morgan fingerprint density at radius 2 is 2.23 bits per heavy atom. The topological polar surface area (TPSA) is 73.5 Å². The summed E-state index contributed by atoms with van der Waals surface area (Å²) in [6, 6.07) is 5.88. The van der Waals surface area contributed by atoms with Gasteiger partial charge < -0.3 is 10.2 Å². The van der Waals surface area contributed by atoms with Crippen LogP contribution in [0.5, 0.6) is 0 Å². The zero-order valence-corrected chi connectivity index (χ0v) is 13.1. The number of urea groups is 1. The van der Waals surface area contributed by atoms with Gasteiger partial charge in [0.2, 0.25) is 0 Å². The lowest BCUT2D eigenvalue weighted by molar-refractivity contribution is -0.364. The van der Waals surface area contributed by atoms with Gasteiger partial charge in [-0.05, 0) is 12.5 Å². The van der Waals surface area contributed by atoms with Crippen LogP contribution in [0.2, 0.25) is 0 Å². The van der Waals surface area contributed by atoms with E-state index in [0.717, 1.165) is 51.3 Å². The van der Waals surface area contributed by atoms with E-state index in [1.165, 1.54) is 0 Å². The highest BCUT2D eigenvalue weighted by atomic mass is 16.2. The van der Waals surface area contributed by atoms with Crippen molar-refractivity contribution < 1.29 is 9.78 Å². The predicted octanol–water partition coefficient (Wildman–Crippen LogP) is 1.39. The second-order valence-corrected chi connectivity index (χ2v) is 5.49. The average molecular weight is 302 g/mol. The summed E-state index contributed by atoms with van der Waals surface area (Å²) in [4.78, 5) is 19.4. The molecular weight excluding hydrogens is 278 g/mol. The number of anilines is 1. The summed E-state index contributed by atoms with van der Waals surface area (Å²) < 4.78 is 0. The third-order valence-electron chi connectivity index (χ3n) is 3.86. The van der Waals surface area contributed by atoms with Crippen LogP contribution in [0.15, 0.2) is 18.3 Å². The van der Waals surface area contributed by atoms with Crippen LogP contribution in [-0.4, -0.2) is 43.7 Å². The van der Waals surface area contributed by atoms with E-state index in [9.17, 15) is 4.79 Å². The molecule has 1 saturated heterocycles. The number of nitriles is 1. The van der Waals surface area contributed by atoms with Gasteiger partial charge in [-0.2, -0.15) is 5.26 Å². The molecule has 0 aromatic carbocycles. The smallest absolute Gasteiger partial charge is 0.317 e. The summed E-state index contributed by atoms with van der Waals surface area (Å²) in [5, 5.41) is 11.8. The first kappa shape index (κ1) is 16.1. The molecule has 1 aromatic rings. The molecule has 0 aliphatic carbocycles. The van der Waals surface area contributed by atoms with Crippen molar-refractivity contribution in [3.05, 3.63) is 23.9 Å². The first-order valence-corrected chi connectivity index (χ1v) is 7.94. The standard InChI is InChI=1S/C16H23N5O/c1-2-3-7-18-16(22)21-9-4-8-20(10-11-21)15-6-5-14(12-17)13-19-15/h5-6,13H,2-4,7-11H2,1H3,(H,18,22)/p+1. The molecule has 6 nitrogen and oxygen atoms in total. The Balaban J connectivity index is 1.89. The highest BCUT2D eigenvalue weighted by molar-refractivity contribution is 5.74. The maximum Gasteiger partial charge on any atom is 0.317 e. The molecule has 1 aromatic heterocycles. The Labute approximate surface area is 131 Å². The third-order valence-corrected chi connectivity index (χ3v) is 3.86. The van der Waals surface area contributed by atoms with Crippen molar-refractivity contribution in [1.29, 1.82) is 5.26 Å². The van der Waals surface area contributed by atoms with Gasteiger partial charge in [0, 0.05) is 25.6 Å². The Bertz CT molecular complexity index is 522. The van der Waals surface area contributed by atoms with E-state index in [1.54, 1.807) is 6.20 Å². The van der Waals surface area contributed by atoms with Crippen LogP contribution in [0.4, 0.5) is 10.6 Å². The number of amides is 2. The number of hydrogen-bond acceptors (Lipinski definition) is 3. The average Bonchev–Trinajstić information content (AvgIpc) is 2.81. The van der Waals surface area contributed by atoms with Crippen LogP contribution in [0, 0.1) is 11.3 Å². The van der Waals surface area contributed by atoms with Crippen molar-refractivity contribution >= 4 is 11.8 Å². The Kier molecular flexibility index (Phi) is 6.01. The highest BCUT2D eigenvalue weighted by Gasteiger charge is 2.23. The Morgan fingerprint density at radius 1 is 1.36 bits per heavy atom. The second-order valence-electron chi connectivity index (χ2n) is 5.49. The molecule has 1 aliphatic heterocycles. The third kappa shape index (κ3) is 4.35. The van der Waals surface area contributed by atoms with E-state index in [4.69, 9.17) is 5.26 Å². The lowest BCUT2D eigenvalue weighted by atomic mass is 10.3. The molecule has 0 bridgehead atoms. The molecule has 6 heteroatoms. The molecule has 0 spiro atoms. The number of carbonyl (C=O) groups excluding carboxylic acids is 1. The number of aromatic amines is 1. The molecule has 2 N–H and O–H groups in total. The van der Waals surface area contributed by atoms with Gasteiger partial charge in [-0.15, -0.1) is 0 Å². The number of aromatic nitrogens is 1. The summed E-state index contributed by atoms with van der Waals surface area (Å²) in [5.41, 5.74) is 0.621. The molecule has 0 unspecified atom stereocenters. The lowest BCUT2D eigenvalue weighted by Gasteiger charge is -2.20. The fourth-order valence-corrected chi connectivity index (χ4v) is 2.53. The van der Waals surface area contributed by atoms with E-state index in [1.807, 2.05) is 17.0 Å². The maximum atomic E-state index is 12.1. The normalized spacial score (nSPS) is 15.1. The fraction of sp³-hybridized carbons (Fsp3) is 0.562. The first-order valence-electron chi connectivity index (χ1n) is 7.94. The van der Waals surface area contributed by atoms with E-state index in [2.05, 4.69) is 28.2 Å². The largest absolute Gasteiger partial charge is 0.338 e. The van der Waals surface area contributed by atoms with Gasteiger partial charge in [0.25, 0.3) is 5.82 Å². The molecule has 2 heterocycles. The molecule has 1 fully saturated rings. The van der Waals surface area contributed by atoms with Crippen LogP contribution < -0.4 is 15.2 Å². The number of unbranched alkanes of at least 4 members (excludes halogenated alkanes) is 1. The number of H-pyrrole nitrogens is 1. The van der Waals surface area contributed by atoms with Crippen molar-refractivity contribution in [2.24, 2.45) is 0 Å². The van der Waals surface area contributed by atoms with Gasteiger partial charge in [0.15, 0.2) is 0 Å². The van der Waals surface area contributed by atoms with Crippen LogP contribution >= 0.6 is 0 Å². The lowest BCUT2D eigenvalue weighted by Crippen LogP contribution is -2.42. The van der Waals surface area contributed by atoms with E-state index in [0.29, 0.717) is 12.1 Å². The molecular formula is C16H24N5O+. The van der Waals surface area contributed by atoms with Crippen molar-refractivity contribution in [3.8, 4) is 6.07 Å². The van der Waals surface area contributed by atoms with E-state index < -0.39 is 0 Å². The molecule has 0 radical (unpaired) electrons. The summed E-state index contributed by atoms with van der Waals surface area (Å²) in [7, 11) is 0. The number of pyridine rings is 1. The summed E-state index contributed by atoms with van der Waals surface area (Å²) in [6.45, 7) is 6.06. The zero-order chi connectivity index (χ0) is 15.8. The van der Waals surface area contributed by atoms with E-state index >= 15 is 0 Å². The van der Waals surface area contributed by atoms with Gasteiger partial charge in [-0.1, -0.05) is 13.3 Å². The van der Waals surface area contributed by atoms with Crippen LogP contribution in [0.3, 0.4) is 0 Å². The van der Waals surface area contributed by atoms with Gasteiger partial charge in [0.1, 0.15) is 18.8 Å². The monoisotopic (exact) mass is 302 g/mol. The molecule has 0 saturated carbocycles. The molecule has 22 heavy (non-hydrogen) atoms. The van der Waals surface area contributed by atoms with Gasteiger partial charge >= 0.3 is 6.03 Å². The van der Waals surface area contributed by atoms with Gasteiger partial charge in [-0.25, -0.2) is 9.78 Å². The molecule has 2 rings (SSSR count). The van der Waals surface area contributed by atoms with Crippen LogP contribution in [0.25, 0.3) is 0 Å². The van der Waals surface area contributed by atoms with Crippen molar-refractivity contribution in [1.82, 2.24) is 10.2 Å². The number of nitrogens with one attached hydrogen (secondary N) is 2. The Morgan fingerprint density at radius 3 is 2.91 bits per heavy atom. The Hall–Kier alpha value is -2.29. The van der Waals surface area contributed by atoms with E-state index in [-0.39, 0.29) is 6.03 Å². The van der Waals surface area contributed by atoms with Gasteiger partial charge in [-0.3, -0.25) is 4.90 Å². The first-order chi connectivity index (χ1) is 10.7. The molecule has 118 valence electrons. The van der Waals surface area contributed by atoms with Crippen molar-refractivity contribution in [2.75, 3.05) is 37.6 Å².